The smallest absolute Gasteiger partial charge is 0.257 e. The summed E-state index contributed by atoms with van der Waals surface area (Å²) in [6.45, 7) is 3.09. The fourth-order valence-corrected chi connectivity index (χ4v) is 5.41. The van der Waals surface area contributed by atoms with E-state index in [1.165, 1.54) is 0 Å². The minimum atomic E-state index is -0.268. The van der Waals surface area contributed by atoms with Gasteiger partial charge in [-0.25, -0.2) is 4.98 Å². The van der Waals surface area contributed by atoms with Crippen LogP contribution in [0.15, 0.2) is 11.0 Å². The molecule has 1 saturated heterocycles. The lowest BCUT2D eigenvalue weighted by atomic mass is 9.85. The number of carbonyl (C=O) groups is 1. The second-order valence-corrected chi connectivity index (χ2v) is 9.98. The van der Waals surface area contributed by atoms with Crippen LogP contribution in [-0.4, -0.2) is 55.7 Å². The summed E-state index contributed by atoms with van der Waals surface area (Å²) in [5, 5.41) is 13.8. The van der Waals surface area contributed by atoms with Crippen LogP contribution in [0.1, 0.15) is 69.4 Å². The monoisotopic (exact) mass is 454 g/mol. The molecule has 0 unspecified atom stereocenters. The fraction of sp³-hybridized carbons (Fsp3) is 0.667. The first kappa shape index (κ1) is 22.1. The molecule has 2 aromatic heterocycles. The Labute approximate surface area is 193 Å². The molecule has 2 aromatic rings. The number of rotatable bonds is 4. The van der Waals surface area contributed by atoms with E-state index in [1.807, 2.05) is 9.47 Å². The zero-order valence-electron chi connectivity index (χ0n) is 19.3. The number of nitrogens with two attached hydrogens (primary N) is 1. The second kappa shape index (κ2) is 8.93. The van der Waals surface area contributed by atoms with Gasteiger partial charge in [-0.05, 0) is 64.7 Å². The molecule has 33 heavy (non-hydrogen) atoms. The number of nitrogens with one attached hydrogen (secondary N) is 1. The van der Waals surface area contributed by atoms with Crippen molar-refractivity contribution < 1.29 is 9.90 Å². The Hall–Kier alpha value is -2.68. The minimum absolute atomic E-state index is 0.0568. The summed E-state index contributed by atoms with van der Waals surface area (Å²) in [7, 11) is 0. The van der Waals surface area contributed by atoms with E-state index in [4.69, 9.17) is 10.7 Å². The van der Waals surface area contributed by atoms with Gasteiger partial charge < -0.3 is 21.1 Å². The van der Waals surface area contributed by atoms with Gasteiger partial charge in [-0.3, -0.25) is 14.2 Å². The maximum absolute atomic E-state index is 12.9. The molecule has 3 heterocycles. The van der Waals surface area contributed by atoms with Gasteiger partial charge >= 0.3 is 0 Å². The molecule has 0 bridgehead atoms. The van der Waals surface area contributed by atoms with Crippen molar-refractivity contribution in [1.29, 1.82) is 0 Å². The van der Waals surface area contributed by atoms with E-state index >= 15 is 0 Å². The van der Waals surface area contributed by atoms with Gasteiger partial charge in [0.25, 0.3) is 5.56 Å². The Morgan fingerprint density at radius 1 is 1.12 bits per heavy atom. The molecule has 4 N–H and O–H groups in total. The van der Waals surface area contributed by atoms with Crippen LogP contribution < -0.4 is 16.6 Å². The van der Waals surface area contributed by atoms with Crippen LogP contribution in [0.25, 0.3) is 11.0 Å². The summed E-state index contributed by atoms with van der Waals surface area (Å²) in [6.07, 6.45) is 9.33. The Morgan fingerprint density at radius 2 is 1.82 bits per heavy atom. The highest BCUT2D eigenvalue weighted by Crippen LogP contribution is 2.34. The number of anilines is 2. The highest BCUT2D eigenvalue weighted by atomic mass is 16.3. The van der Waals surface area contributed by atoms with Crippen molar-refractivity contribution in [2.75, 3.05) is 24.1 Å². The molecular formula is C24H34N6O3. The molecule has 9 nitrogen and oxygen atoms in total. The van der Waals surface area contributed by atoms with Gasteiger partial charge in [-0.1, -0.05) is 0 Å². The van der Waals surface area contributed by atoms with Gasteiger partial charge in [0.15, 0.2) is 5.65 Å². The minimum Gasteiger partial charge on any atom is -0.398 e. The number of aliphatic hydroxyl groups excluding tert-OH is 1. The van der Waals surface area contributed by atoms with E-state index in [0.717, 1.165) is 50.3 Å². The van der Waals surface area contributed by atoms with Crippen LogP contribution in [-0.2, 0) is 4.79 Å². The van der Waals surface area contributed by atoms with Crippen molar-refractivity contribution in [3.63, 3.8) is 0 Å². The Kier molecular flexibility index (Phi) is 5.99. The Bertz CT molecular complexity index is 1100. The van der Waals surface area contributed by atoms with Crippen LogP contribution in [0, 0.1) is 12.8 Å². The molecule has 3 fully saturated rings. The highest BCUT2D eigenvalue weighted by Gasteiger charge is 2.32. The zero-order valence-corrected chi connectivity index (χ0v) is 19.3. The Balaban J connectivity index is 1.28. The van der Waals surface area contributed by atoms with Gasteiger partial charge in [0.05, 0.1) is 17.2 Å². The average molecular weight is 455 g/mol. The van der Waals surface area contributed by atoms with Gasteiger partial charge in [-0.15, -0.1) is 0 Å². The number of aliphatic hydroxyl groups is 1. The topological polar surface area (TPSA) is 126 Å². The second-order valence-electron chi connectivity index (χ2n) is 9.98. The van der Waals surface area contributed by atoms with Crippen LogP contribution >= 0.6 is 0 Å². The number of amides is 1. The van der Waals surface area contributed by atoms with Crippen molar-refractivity contribution in [1.82, 2.24) is 19.4 Å². The van der Waals surface area contributed by atoms with E-state index in [1.54, 1.807) is 13.1 Å². The molecule has 1 amide bonds. The van der Waals surface area contributed by atoms with Gasteiger partial charge in [0, 0.05) is 42.9 Å². The lowest BCUT2D eigenvalue weighted by molar-refractivity contribution is -0.138. The predicted molar refractivity (Wildman–Crippen MR) is 127 cm³/mol. The summed E-state index contributed by atoms with van der Waals surface area (Å²) >= 11 is 0. The molecule has 0 spiro atoms. The molecule has 2 aliphatic carbocycles. The van der Waals surface area contributed by atoms with E-state index in [2.05, 4.69) is 10.3 Å². The molecule has 178 valence electrons. The first-order valence-electron chi connectivity index (χ1n) is 12.3. The van der Waals surface area contributed by atoms with Crippen LogP contribution in [0.4, 0.5) is 11.6 Å². The lowest BCUT2D eigenvalue weighted by Gasteiger charge is -2.35. The SMILES string of the molecule is Cc1c(N)c2cnc(NC3CCC(C(=O)N4CCC(O)CC4)CC3)nc2n(C2CCC2)c1=O. The van der Waals surface area contributed by atoms with Crippen molar-refractivity contribution in [2.45, 2.75) is 82.9 Å². The summed E-state index contributed by atoms with van der Waals surface area (Å²) < 4.78 is 1.81. The molecule has 1 aliphatic heterocycles. The number of nitrogen functional groups attached to an aromatic ring is 1. The maximum atomic E-state index is 12.9. The van der Waals surface area contributed by atoms with E-state index in [-0.39, 0.29) is 35.6 Å². The first-order chi connectivity index (χ1) is 15.9. The van der Waals surface area contributed by atoms with Gasteiger partial charge in [0.1, 0.15) is 0 Å². The predicted octanol–water partition coefficient (Wildman–Crippen LogP) is 2.36. The molecule has 9 heteroatoms. The van der Waals surface area contributed by atoms with Crippen molar-refractivity contribution in [3.05, 3.63) is 22.1 Å². The molecular weight excluding hydrogens is 420 g/mol. The molecule has 0 aromatic carbocycles. The molecule has 3 aliphatic rings. The number of nitrogens with zero attached hydrogens (tertiary/aromatic N) is 4. The Morgan fingerprint density at radius 3 is 2.45 bits per heavy atom. The van der Waals surface area contributed by atoms with Crippen molar-refractivity contribution in [2.24, 2.45) is 5.92 Å². The summed E-state index contributed by atoms with van der Waals surface area (Å²) in [5.74, 6) is 0.804. The molecule has 0 atom stereocenters. The van der Waals surface area contributed by atoms with Gasteiger partial charge in [0.2, 0.25) is 11.9 Å². The van der Waals surface area contributed by atoms with Crippen LogP contribution in [0.3, 0.4) is 0 Å². The van der Waals surface area contributed by atoms with E-state index < -0.39 is 0 Å². The van der Waals surface area contributed by atoms with Crippen molar-refractivity contribution in [3.8, 4) is 0 Å². The number of fused-ring (bicyclic) bond motifs is 1. The summed E-state index contributed by atoms with van der Waals surface area (Å²) in [5.41, 5.74) is 7.81. The third kappa shape index (κ3) is 4.18. The number of likely N-dealkylation sites (tertiary alicyclic amines) is 1. The van der Waals surface area contributed by atoms with Crippen molar-refractivity contribution >= 4 is 28.6 Å². The standard InChI is InChI=1S/C24H34N6O3/c1-14-20(25)19-13-26-24(28-21(19)30(22(14)32)17-3-2-4-17)27-16-7-5-15(6-8-16)23(33)29-11-9-18(31)10-12-29/h13,15-18,31H,2-12,25H2,1H3,(H,26,27,28). The normalized spacial score (nSPS) is 24.6. The average Bonchev–Trinajstić information content (AvgIpc) is 2.79. The number of pyridine rings is 1. The summed E-state index contributed by atoms with van der Waals surface area (Å²) in [6, 6.07) is 0.376. The number of hydrogen-bond acceptors (Lipinski definition) is 7. The van der Waals surface area contributed by atoms with E-state index in [0.29, 0.717) is 48.8 Å². The number of carbonyl (C=O) groups excluding carboxylic acids is 1. The largest absolute Gasteiger partial charge is 0.398 e. The number of hydrogen-bond donors (Lipinski definition) is 3. The number of aromatic nitrogens is 3. The first-order valence-corrected chi connectivity index (χ1v) is 12.3. The third-order valence-corrected chi connectivity index (χ3v) is 7.86. The van der Waals surface area contributed by atoms with Crippen LogP contribution in [0.2, 0.25) is 0 Å². The molecule has 5 rings (SSSR count). The third-order valence-electron chi connectivity index (χ3n) is 7.86. The quantitative estimate of drug-likeness (QED) is 0.647. The number of piperidine rings is 1. The summed E-state index contributed by atoms with van der Waals surface area (Å²) in [4.78, 5) is 36.9. The molecule has 0 radical (unpaired) electrons. The van der Waals surface area contributed by atoms with E-state index in [9.17, 15) is 14.7 Å². The van der Waals surface area contributed by atoms with Crippen LogP contribution in [0.5, 0.6) is 0 Å². The molecule has 2 saturated carbocycles. The zero-order chi connectivity index (χ0) is 23.1. The maximum Gasteiger partial charge on any atom is 0.257 e. The fourth-order valence-electron chi connectivity index (χ4n) is 5.41. The van der Waals surface area contributed by atoms with Gasteiger partial charge in [-0.2, -0.15) is 4.98 Å². The highest BCUT2D eigenvalue weighted by molar-refractivity contribution is 5.89. The lowest BCUT2D eigenvalue weighted by Crippen LogP contribution is -2.44.